The van der Waals surface area contributed by atoms with Crippen LogP contribution < -0.4 is 9.80 Å². The zero-order valence-corrected chi connectivity index (χ0v) is 39.5. The van der Waals surface area contributed by atoms with Crippen LogP contribution in [0, 0.1) is 0 Å². The van der Waals surface area contributed by atoms with Gasteiger partial charge < -0.3 is 9.80 Å². The maximum absolute atomic E-state index is 2.52. The molecular formula is C68H44N2S. The van der Waals surface area contributed by atoms with Crippen LogP contribution in [0.4, 0.5) is 34.1 Å². The Kier molecular flexibility index (Phi) is 8.76. The van der Waals surface area contributed by atoms with E-state index in [0.717, 1.165) is 34.1 Å². The van der Waals surface area contributed by atoms with Gasteiger partial charge in [-0.2, -0.15) is 0 Å². The van der Waals surface area contributed by atoms with Crippen LogP contribution in [0.15, 0.2) is 277 Å². The first-order valence-electron chi connectivity index (χ1n) is 24.6. The number of hydrogen-bond donors (Lipinski definition) is 0. The van der Waals surface area contributed by atoms with E-state index >= 15 is 0 Å². The van der Waals surface area contributed by atoms with Gasteiger partial charge in [-0.05, 0) is 163 Å². The van der Waals surface area contributed by atoms with Crippen LogP contribution in [-0.4, -0.2) is 0 Å². The van der Waals surface area contributed by atoms with Crippen LogP contribution in [0.5, 0.6) is 0 Å². The number of fused-ring (bicyclic) bond motifs is 19. The van der Waals surface area contributed by atoms with E-state index in [0.29, 0.717) is 0 Å². The van der Waals surface area contributed by atoms with Gasteiger partial charge in [0.05, 0.1) is 10.8 Å². The van der Waals surface area contributed by atoms with Gasteiger partial charge in [0.2, 0.25) is 0 Å². The summed E-state index contributed by atoms with van der Waals surface area (Å²) < 4.78 is 0. The highest BCUT2D eigenvalue weighted by molar-refractivity contribution is 7.99. The fraction of sp³-hybridized carbons (Fsp3) is 0.0294. The summed E-state index contributed by atoms with van der Waals surface area (Å²) in [6.07, 6.45) is 0. The van der Waals surface area contributed by atoms with E-state index in [-0.39, 0.29) is 0 Å². The van der Waals surface area contributed by atoms with E-state index in [9.17, 15) is 0 Å². The Bertz CT molecular complexity index is 3850. The number of para-hydroxylation sites is 3. The van der Waals surface area contributed by atoms with Crippen LogP contribution in [0.1, 0.15) is 44.5 Å². The van der Waals surface area contributed by atoms with Crippen molar-refractivity contribution in [3.8, 4) is 33.4 Å². The first-order chi connectivity index (χ1) is 35.2. The molecule has 11 aromatic carbocycles. The molecule has 3 aliphatic carbocycles. The Balaban J connectivity index is 0.964. The molecule has 2 spiro atoms. The minimum absolute atomic E-state index is 0.406. The molecule has 0 N–H and O–H groups in total. The molecule has 0 radical (unpaired) electrons. The minimum atomic E-state index is -0.608. The van der Waals surface area contributed by atoms with Crippen LogP contribution in [0.25, 0.3) is 33.4 Å². The minimum Gasteiger partial charge on any atom is -0.310 e. The molecule has 0 bridgehead atoms. The average molecular weight is 921 g/mol. The summed E-state index contributed by atoms with van der Waals surface area (Å²) in [5, 5.41) is 0. The number of hydrogen-bond acceptors (Lipinski definition) is 3. The molecule has 0 saturated carbocycles. The van der Waals surface area contributed by atoms with Crippen molar-refractivity contribution in [3.05, 3.63) is 311 Å². The van der Waals surface area contributed by atoms with Gasteiger partial charge in [0, 0.05) is 43.9 Å². The summed E-state index contributed by atoms with van der Waals surface area (Å²) >= 11 is 1.89. The lowest BCUT2D eigenvalue weighted by Crippen LogP contribution is -2.32. The van der Waals surface area contributed by atoms with Crippen molar-refractivity contribution in [3.63, 3.8) is 0 Å². The average Bonchev–Trinajstić information content (AvgIpc) is 4.03. The van der Waals surface area contributed by atoms with E-state index < -0.39 is 10.8 Å². The van der Waals surface area contributed by atoms with Gasteiger partial charge in [-0.1, -0.05) is 194 Å². The SMILES string of the molecule is c1ccc(N(c2ccc3c(c2)-c2ccccc2C32c3ccccc3-c3ccccc32)c2ccc3c(c2)C2(c4ccccc4S3)c3ccccc3-c3ccc(N(c4ccccc4)c4ccccc4)cc32)cc1. The molecule has 1 aliphatic heterocycles. The third-order valence-corrected chi connectivity index (χ3v) is 16.9. The second kappa shape index (κ2) is 15.4. The van der Waals surface area contributed by atoms with Crippen molar-refractivity contribution in [1.29, 1.82) is 0 Å². The number of benzene rings is 11. The molecule has 0 fully saturated rings. The quantitative estimate of drug-likeness (QED) is 0.164. The van der Waals surface area contributed by atoms with E-state index in [2.05, 4.69) is 277 Å². The smallest absolute Gasteiger partial charge is 0.0736 e. The normalized spacial score (nSPS) is 15.4. The van der Waals surface area contributed by atoms with Crippen molar-refractivity contribution in [2.45, 2.75) is 20.6 Å². The van der Waals surface area contributed by atoms with Gasteiger partial charge in [0.15, 0.2) is 0 Å². The molecule has 332 valence electrons. The maximum atomic E-state index is 2.52. The Hall–Kier alpha value is -8.63. The molecular weight excluding hydrogens is 877 g/mol. The van der Waals surface area contributed by atoms with Gasteiger partial charge in [-0.25, -0.2) is 0 Å². The Morgan fingerprint density at radius 3 is 1.08 bits per heavy atom. The number of anilines is 6. The van der Waals surface area contributed by atoms with E-state index in [1.165, 1.54) is 87.7 Å². The number of nitrogens with zero attached hydrogens (tertiary/aromatic N) is 2. The van der Waals surface area contributed by atoms with E-state index in [1.807, 2.05) is 11.8 Å². The van der Waals surface area contributed by atoms with Crippen molar-refractivity contribution in [2.75, 3.05) is 9.80 Å². The van der Waals surface area contributed by atoms with Crippen LogP contribution >= 0.6 is 11.8 Å². The standard InChI is InChI=1S/C68H44N2S/c1-4-20-45(21-5-1)69(46-22-6-2-7-23-46)49-36-39-55-53-28-12-16-32-59(53)68(63(55)43-49)62-34-18-19-35-65(62)71-66-41-38-50(44-64(66)68)70(47-24-8-3-9-25-47)48-37-40-61-56(42-48)54-29-13-17-33-60(54)67(61)57-30-14-10-26-51(57)52-27-11-15-31-58(52)67/h1-44H. The fourth-order valence-corrected chi connectivity index (χ4v) is 14.2. The zero-order chi connectivity index (χ0) is 46.7. The van der Waals surface area contributed by atoms with Crippen molar-refractivity contribution < 1.29 is 0 Å². The third kappa shape index (κ3) is 5.55. The van der Waals surface area contributed by atoms with E-state index in [4.69, 9.17) is 0 Å². The highest BCUT2D eigenvalue weighted by Gasteiger charge is 2.53. The monoisotopic (exact) mass is 920 g/mol. The molecule has 1 atom stereocenters. The van der Waals surface area contributed by atoms with E-state index in [1.54, 1.807) is 0 Å². The zero-order valence-electron chi connectivity index (χ0n) is 38.7. The summed E-state index contributed by atoms with van der Waals surface area (Å²) in [6.45, 7) is 0. The molecule has 0 saturated heterocycles. The first-order valence-corrected chi connectivity index (χ1v) is 25.4. The van der Waals surface area contributed by atoms with Crippen molar-refractivity contribution in [2.24, 2.45) is 0 Å². The molecule has 15 rings (SSSR count). The van der Waals surface area contributed by atoms with Gasteiger partial charge in [0.25, 0.3) is 0 Å². The maximum Gasteiger partial charge on any atom is 0.0736 e. The molecule has 1 unspecified atom stereocenters. The Morgan fingerprint density at radius 1 is 0.211 bits per heavy atom. The van der Waals surface area contributed by atoms with Crippen molar-refractivity contribution in [1.82, 2.24) is 0 Å². The third-order valence-electron chi connectivity index (χ3n) is 15.7. The van der Waals surface area contributed by atoms with Gasteiger partial charge >= 0.3 is 0 Å². The lowest BCUT2D eigenvalue weighted by atomic mass is 9.67. The summed E-state index contributed by atoms with van der Waals surface area (Å²) in [5.74, 6) is 0. The van der Waals surface area contributed by atoms with Gasteiger partial charge in [0.1, 0.15) is 0 Å². The Morgan fingerprint density at radius 2 is 0.549 bits per heavy atom. The molecule has 0 amide bonds. The predicted octanol–water partition coefficient (Wildman–Crippen LogP) is 17.8. The molecule has 71 heavy (non-hydrogen) atoms. The lowest BCUT2D eigenvalue weighted by molar-refractivity contribution is 0.722. The predicted molar refractivity (Wildman–Crippen MR) is 294 cm³/mol. The summed E-state index contributed by atoms with van der Waals surface area (Å²) in [7, 11) is 0. The van der Waals surface area contributed by atoms with Gasteiger partial charge in [-0.15, -0.1) is 0 Å². The van der Waals surface area contributed by atoms with Crippen LogP contribution in [0.3, 0.4) is 0 Å². The second-order valence-corrected chi connectivity index (χ2v) is 20.2. The molecule has 0 aromatic heterocycles. The highest BCUT2D eigenvalue weighted by Crippen LogP contribution is 2.65. The van der Waals surface area contributed by atoms with Crippen LogP contribution in [-0.2, 0) is 10.8 Å². The summed E-state index contributed by atoms with van der Waals surface area (Å²) in [6, 6.07) is 99.7. The first kappa shape index (κ1) is 40.3. The summed E-state index contributed by atoms with van der Waals surface area (Å²) in [5.41, 5.74) is 24.0. The topological polar surface area (TPSA) is 6.48 Å². The van der Waals surface area contributed by atoms with Crippen LogP contribution in [0.2, 0.25) is 0 Å². The lowest BCUT2D eigenvalue weighted by Gasteiger charge is -2.41. The molecule has 11 aromatic rings. The Labute approximate surface area is 418 Å². The molecule has 2 nitrogen and oxygen atoms in total. The second-order valence-electron chi connectivity index (χ2n) is 19.1. The largest absolute Gasteiger partial charge is 0.310 e. The fourth-order valence-electron chi connectivity index (χ4n) is 13.0. The van der Waals surface area contributed by atoms with Gasteiger partial charge in [-0.3, -0.25) is 0 Å². The number of rotatable bonds is 6. The summed E-state index contributed by atoms with van der Waals surface area (Å²) in [4.78, 5) is 7.42. The molecule has 1 heterocycles. The highest BCUT2D eigenvalue weighted by atomic mass is 32.2. The molecule has 3 heteroatoms. The molecule has 4 aliphatic rings. The van der Waals surface area contributed by atoms with Crippen molar-refractivity contribution >= 4 is 45.9 Å².